The minimum absolute atomic E-state index is 0.109. The Balaban J connectivity index is 2.37. The number of aromatic nitrogens is 1. The number of amides is 1. The number of ether oxygens (including phenoxy) is 1. The Kier molecular flexibility index (Phi) is 6.23. The monoisotopic (exact) mass is 268 g/mol. The predicted molar refractivity (Wildman–Crippen MR) is 68.9 cm³/mol. The van der Waals surface area contributed by atoms with E-state index in [1.54, 1.807) is 7.11 Å². The Bertz CT molecular complexity index is 438. The lowest BCUT2D eigenvalue weighted by Gasteiger charge is -2.06. The zero-order valence-electron chi connectivity index (χ0n) is 10.6. The molecule has 1 heterocycles. The highest BCUT2D eigenvalue weighted by molar-refractivity contribution is 5.76. The Morgan fingerprint density at radius 3 is 3.00 bits per heavy atom. The van der Waals surface area contributed by atoms with Crippen molar-refractivity contribution >= 4 is 17.4 Å². The number of nitrogens with one attached hydrogen (secondary N) is 2. The summed E-state index contributed by atoms with van der Waals surface area (Å²) in [5, 5.41) is 16.1. The number of carbonyl (C=O) groups is 1. The van der Waals surface area contributed by atoms with Crippen molar-refractivity contribution in [2.75, 3.05) is 32.1 Å². The van der Waals surface area contributed by atoms with Gasteiger partial charge >= 0.3 is 5.69 Å². The molecule has 0 atom stereocenters. The van der Waals surface area contributed by atoms with Gasteiger partial charge in [0.25, 0.3) is 0 Å². The summed E-state index contributed by atoms with van der Waals surface area (Å²) >= 11 is 0. The van der Waals surface area contributed by atoms with Crippen LogP contribution in [0.3, 0.4) is 0 Å². The Morgan fingerprint density at radius 2 is 2.32 bits per heavy atom. The summed E-state index contributed by atoms with van der Waals surface area (Å²) in [4.78, 5) is 25.4. The lowest BCUT2D eigenvalue weighted by molar-refractivity contribution is -0.384. The molecule has 1 aromatic heterocycles. The van der Waals surface area contributed by atoms with Gasteiger partial charge in [-0.25, -0.2) is 4.98 Å². The fourth-order valence-corrected chi connectivity index (χ4v) is 1.36. The van der Waals surface area contributed by atoms with Crippen LogP contribution in [0.15, 0.2) is 18.3 Å². The van der Waals surface area contributed by atoms with Gasteiger partial charge in [0.15, 0.2) is 0 Å². The van der Waals surface area contributed by atoms with Crippen LogP contribution >= 0.6 is 0 Å². The standard InChI is InChI=1S/C11H16N4O4/c1-19-8-7-12-10(16)4-6-14-11-9(15(17)18)3-2-5-13-11/h2-3,5H,4,6-8H2,1H3,(H,12,16)(H,13,14). The quantitative estimate of drug-likeness (QED) is 0.405. The van der Waals surface area contributed by atoms with Crippen molar-refractivity contribution in [3.05, 3.63) is 28.4 Å². The van der Waals surface area contributed by atoms with Gasteiger partial charge in [0.2, 0.25) is 11.7 Å². The predicted octanol–water partition coefficient (Wildman–Crippen LogP) is 0.554. The maximum Gasteiger partial charge on any atom is 0.311 e. The largest absolute Gasteiger partial charge is 0.383 e. The first kappa shape index (κ1) is 14.8. The average molecular weight is 268 g/mol. The molecule has 1 aromatic rings. The molecule has 0 aliphatic rings. The Hall–Kier alpha value is -2.22. The molecule has 0 bridgehead atoms. The summed E-state index contributed by atoms with van der Waals surface area (Å²) in [6.45, 7) is 1.17. The highest BCUT2D eigenvalue weighted by Gasteiger charge is 2.13. The summed E-state index contributed by atoms with van der Waals surface area (Å²) in [6, 6.07) is 2.84. The molecule has 0 saturated carbocycles. The third-order valence-electron chi connectivity index (χ3n) is 2.26. The van der Waals surface area contributed by atoms with E-state index in [2.05, 4.69) is 15.6 Å². The molecule has 0 fully saturated rings. The highest BCUT2D eigenvalue weighted by Crippen LogP contribution is 2.19. The van der Waals surface area contributed by atoms with Crippen LogP contribution in [0, 0.1) is 10.1 Å². The summed E-state index contributed by atoms with van der Waals surface area (Å²) in [6.07, 6.45) is 1.66. The third-order valence-corrected chi connectivity index (χ3v) is 2.26. The molecule has 1 rings (SSSR count). The normalized spacial score (nSPS) is 9.95. The summed E-state index contributed by atoms with van der Waals surface area (Å²) < 4.78 is 4.79. The summed E-state index contributed by atoms with van der Waals surface area (Å²) in [5.74, 6) is 0.0142. The number of carbonyl (C=O) groups excluding carboxylic acids is 1. The molecule has 19 heavy (non-hydrogen) atoms. The summed E-state index contributed by atoms with van der Waals surface area (Å²) in [7, 11) is 1.55. The number of hydrogen-bond acceptors (Lipinski definition) is 6. The fraction of sp³-hybridized carbons (Fsp3) is 0.455. The SMILES string of the molecule is COCCNC(=O)CCNc1ncccc1[N+](=O)[O-]. The van der Waals surface area contributed by atoms with Crippen LogP contribution in [-0.2, 0) is 9.53 Å². The summed E-state index contributed by atoms with van der Waals surface area (Å²) in [5.41, 5.74) is -0.109. The molecule has 104 valence electrons. The van der Waals surface area contributed by atoms with Crippen LogP contribution in [0.25, 0.3) is 0 Å². The van der Waals surface area contributed by atoms with Crippen LogP contribution in [0.1, 0.15) is 6.42 Å². The number of rotatable bonds is 8. The average Bonchev–Trinajstić information content (AvgIpc) is 2.39. The van der Waals surface area contributed by atoms with E-state index >= 15 is 0 Å². The third kappa shape index (κ3) is 5.30. The molecule has 0 aliphatic carbocycles. The fourth-order valence-electron chi connectivity index (χ4n) is 1.36. The van der Waals surface area contributed by atoms with Crippen molar-refractivity contribution < 1.29 is 14.5 Å². The zero-order chi connectivity index (χ0) is 14.1. The zero-order valence-corrected chi connectivity index (χ0v) is 10.6. The van der Waals surface area contributed by atoms with E-state index in [1.807, 2.05) is 0 Å². The van der Waals surface area contributed by atoms with E-state index < -0.39 is 4.92 Å². The molecule has 0 radical (unpaired) electrons. The molecule has 8 heteroatoms. The van der Waals surface area contributed by atoms with Gasteiger partial charge in [0.1, 0.15) is 0 Å². The maximum absolute atomic E-state index is 11.4. The molecular weight excluding hydrogens is 252 g/mol. The molecule has 0 saturated heterocycles. The molecule has 8 nitrogen and oxygen atoms in total. The smallest absolute Gasteiger partial charge is 0.311 e. The number of anilines is 1. The first-order valence-electron chi connectivity index (χ1n) is 5.74. The second kappa shape index (κ2) is 7.98. The van der Waals surface area contributed by atoms with E-state index in [0.717, 1.165) is 0 Å². The number of methoxy groups -OCH3 is 1. The van der Waals surface area contributed by atoms with Crippen LogP contribution in [-0.4, -0.2) is 42.6 Å². The van der Waals surface area contributed by atoms with Crippen LogP contribution in [0.5, 0.6) is 0 Å². The lowest BCUT2D eigenvalue weighted by atomic mass is 10.3. The van der Waals surface area contributed by atoms with Crippen molar-refractivity contribution in [2.24, 2.45) is 0 Å². The Labute approximate surface area is 110 Å². The molecule has 0 aromatic carbocycles. The van der Waals surface area contributed by atoms with Gasteiger partial charge in [0, 0.05) is 38.9 Å². The number of nitrogens with zero attached hydrogens (tertiary/aromatic N) is 2. The minimum Gasteiger partial charge on any atom is -0.383 e. The van der Waals surface area contributed by atoms with Gasteiger partial charge in [-0.1, -0.05) is 0 Å². The number of hydrogen-bond donors (Lipinski definition) is 2. The van der Waals surface area contributed by atoms with Gasteiger partial charge in [-0.2, -0.15) is 0 Å². The second-order valence-corrected chi connectivity index (χ2v) is 3.65. The van der Waals surface area contributed by atoms with Gasteiger partial charge in [-0.15, -0.1) is 0 Å². The van der Waals surface area contributed by atoms with Gasteiger partial charge in [-0.3, -0.25) is 14.9 Å². The Morgan fingerprint density at radius 1 is 1.53 bits per heavy atom. The van der Waals surface area contributed by atoms with Gasteiger partial charge in [0.05, 0.1) is 11.5 Å². The van der Waals surface area contributed by atoms with E-state index in [9.17, 15) is 14.9 Å². The van der Waals surface area contributed by atoms with E-state index in [4.69, 9.17) is 4.74 Å². The van der Waals surface area contributed by atoms with Crippen molar-refractivity contribution in [1.82, 2.24) is 10.3 Å². The minimum atomic E-state index is -0.520. The molecule has 0 aliphatic heterocycles. The topological polar surface area (TPSA) is 106 Å². The highest BCUT2D eigenvalue weighted by atomic mass is 16.6. The van der Waals surface area contributed by atoms with Crippen LogP contribution in [0.2, 0.25) is 0 Å². The van der Waals surface area contributed by atoms with E-state index in [1.165, 1.54) is 18.3 Å². The van der Waals surface area contributed by atoms with E-state index in [-0.39, 0.29) is 30.4 Å². The van der Waals surface area contributed by atoms with Gasteiger partial charge < -0.3 is 15.4 Å². The van der Waals surface area contributed by atoms with E-state index in [0.29, 0.717) is 13.2 Å². The maximum atomic E-state index is 11.4. The molecule has 0 unspecified atom stereocenters. The van der Waals surface area contributed by atoms with Crippen molar-refractivity contribution in [3.8, 4) is 0 Å². The molecule has 2 N–H and O–H groups in total. The molecule has 0 spiro atoms. The van der Waals surface area contributed by atoms with Crippen LogP contribution in [0.4, 0.5) is 11.5 Å². The molecule has 1 amide bonds. The number of nitro groups is 1. The van der Waals surface area contributed by atoms with Crippen molar-refractivity contribution in [2.45, 2.75) is 6.42 Å². The van der Waals surface area contributed by atoms with Gasteiger partial charge in [-0.05, 0) is 6.07 Å². The lowest BCUT2D eigenvalue weighted by Crippen LogP contribution is -2.28. The molecular formula is C11H16N4O4. The van der Waals surface area contributed by atoms with Crippen molar-refractivity contribution in [1.29, 1.82) is 0 Å². The first-order valence-corrected chi connectivity index (χ1v) is 5.74. The first-order chi connectivity index (χ1) is 9.15. The van der Waals surface area contributed by atoms with Crippen molar-refractivity contribution in [3.63, 3.8) is 0 Å². The second-order valence-electron chi connectivity index (χ2n) is 3.65. The number of pyridine rings is 1. The van der Waals surface area contributed by atoms with Crippen LogP contribution < -0.4 is 10.6 Å².